The van der Waals surface area contributed by atoms with Crippen molar-refractivity contribution in [3.8, 4) is 0 Å². The first kappa shape index (κ1) is 20.1. The predicted molar refractivity (Wildman–Crippen MR) is 117 cm³/mol. The SMILES string of the molecule is CC(C)Cn1cc(C(=O)NCC2CCCN3CCCCC23)c2ccccc2c1=O. The summed E-state index contributed by atoms with van der Waals surface area (Å²) in [5, 5.41) is 4.58. The summed E-state index contributed by atoms with van der Waals surface area (Å²) in [5.74, 6) is 0.803. The van der Waals surface area contributed by atoms with Crippen LogP contribution in [-0.4, -0.2) is 41.1 Å². The quantitative estimate of drug-likeness (QED) is 0.841. The van der Waals surface area contributed by atoms with Gasteiger partial charge in [-0.1, -0.05) is 38.5 Å². The molecule has 2 saturated heterocycles. The molecule has 4 rings (SSSR count). The van der Waals surface area contributed by atoms with Crippen molar-refractivity contribution in [2.24, 2.45) is 11.8 Å². The Morgan fingerprint density at radius 2 is 1.86 bits per heavy atom. The van der Waals surface area contributed by atoms with Crippen molar-refractivity contribution in [2.75, 3.05) is 19.6 Å². The van der Waals surface area contributed by atoms with E-state index in [1.165, 1.54) is 45.2 Å². The number of pyridine rings is 1. The van der Waals surface area contributed by atoms with Gasteiger partial charge in [-0.3, -0.25) is 9.59 Å². The molecule has 3 heterocycles. The Kier molecular flexibility index (Phi) is 6.04. The summed E-state index contributed by atoms with van der Waals surface area (Å²) in [6.45, 7) is 7.92. The van der Waals surface area contributed by atoms with Gasteiger partial charge in [0.25, 0.3) is 11.5 Å². The maximum absolute atomic E-state index is 13.2. The van der Waals surface area contributed by atoms with Crippen LogP contribution in [0.2, 0.25) is 0 Å². The van der Waals surface area contributed by atoms with Crippen LogP contribution in [0.15, 0.2) is 35.3 Å². The van der Waals surface area contributed by atoms with Crippen LogP contribution in [-0.2, 0) is 6.54 Å². The highest BCUT2D eigenvalue weighted by Crippen LogP contribution is 2.30. The fraction of sp³-hybridized carbons (Fsp3) is 0.583. The van der Waals surface area contributed by atoms with Gasteiger partial charge in [0.15, 0.2) is 0 Å². The molecule has 2 unspecified atom stereocenters. The fourth-order valence-corrected chi connectivity index (χ4v) is 5.19. The second-order valence-electron chi connectivity index (χ2n) is 9.15. The number of nitrogens with one attached hydrogen (secondary N) is 1. The minimum atomic E-state index is -0.0633. The van der Waals surface area contributed by atoms with Crippen LogP contribution < -0.4 is 10.9 Å². The molecule has 5 nitrogen and oxygen atoms in total. The second kappa shape index (κ2) is 8.70. The Balaban J connectivity index is 1.56. The van der Waals surface area contributed by atoms with Crippen molar-refractivity contribution in [2.45, 2.75) is 58.5 Å². The lowest BCUT2D eigenvalue weighted by molar-refractivity contribution is 0.0576. The maximum atomic E-state index is 13.2. The number of amides is 1. The molecule has 29 heavy (non-hydrogen) atoms. The third-order valence-corrected chi connectivity index (χ3v) is 6.55. The number of carbonyl (C=O) groups is 1. The number of fused-ring (bicyclic) bond motifs is 2. The first-order chi connectivity index (χ1) is 14.0. The Labute approximate surface area is 173 Å². The average Bonchev–Trinajstić information content (AvgIpc) is 2.73. The zero-order valence-electron chi connectivity index (χ0n) is 17.7. The molecule has 2 aliphatic heterocycles. The van der Waals surface area contributed by atoms with E-state index in [1.807, 2.05) is 24.3 Å². The number of hydrogen-bond donors (Lipinski definition) is 1. The number of benzene rings is 1. The molecule has 0 radical (unpaired) electrons. The van der Waals surface area contributed by atoms with Crippen molar-refractivity contribution in [1.29, 1.82) is 0 Å². The van der Waals surface area contributed by atoms with E-state index in [4.69, 9.17) is 0 Å². The topological polar surface area (TPSA) is 54.3 Å². The van der Waals surface area contributed by atoms with Crippen molar-refractivity contribution >= 4 is 16.7 Å². The molecule has 2 fully saturated rings. The molecule has 0 aliphatic carbocycles. The van der Waals surface area contributed by atoms with Crippen molar-refractivity contribution < 1.29 is 4.79 Å². The molecule has 0 bridgehead atoms. The largest absolute Gasteiger partial charge is 0.352 e. The molecule has 1 N–H and O–H groups in total. The normalized spacial score (nSPS) is 22.6. The molecular weight excluding hydrogens is 362 g/mol. The summed E-state index contributed by atoms with van der Waals surface area (Å²) >= 11 is 0. The standard InChI is InChI=1S/C24H33N3O2/c1-17(2)15-27-16-21(19-9-3-4-10-20(19)24(27)29)23(28)25-14-18-8-7-13-26-12-6-5-11-22(18)26/h3-4,9-10,16-18,22H,5-8,11-15H2,1-2H3,(H,25,28). The van der Waals surface area contributed by atoms with E-state index in [0.29, 0.717) is 35.4 Å². The lowest BCUT2D eigenvalue weighted by Crippen LogP contribution is -2.51. The Hall–Kier alpha value is -2.14. The summed E-state index contributed by atoms with van der Waals surface area (Å²) in [4.78, 5) is 28.6. The highest BCUT2D eigenvalue weighted by atomic mass is 16.2. The second-order valence-corrected chi connectivity index (χ2v) is 9.15. The number of carbonyl (C=O) groups excluding carboxylic acids is 1. The Bertz CT molecular complexity index is 931. The highest BCUT2D eigenvalue weighted by Gasteiger charge is 2.33. The molecule has 0 spiro atoms. The van der Waals surface area contributed by atoms with E-state index in [9.17, 15) is 9.59 Å². The first-order valence-electron chi connectivity index (χ1n) is 11.2. The van der Waals surface area contributed by atoms with Crippen LogP contribution in [0.1, 0.15) is 56.3 Å². The van der Waals surface area contributed by atoms with Gasteiger partial charge in [0, 0.05) is 36.1 Å². The number of aromatic nitrogens is 1. The van der Waals surface area contributed by atoms with Gasteiger partial charge in [0.2, 0.25) is 0 Å². The minimum absolute atomic E-state index is 0.0176. The third kappa shape index (κ3) is 4.25. The van der Waals surface area contributed by atoms with Gasteiger partial charge in [-0.2, -0.15) is 0 Å². The van der Waals surface area contributed by atoms with E-state index in [1.54, 1.807) is 10.8 Å². The molecule has 2 aromatic rings. The molecule has 1 amide bonds. The monoisotopic (exact) mass is 395 g/mol. The van der Waals surface area contributed by atoms with E-state index >= 15 is 0 Å². The molecule has 1 aromatic heterocycles. The molecular formula is C24H33N3O2. The Morgan fingerprint density at radius 3 is 2.66 bits per heavy atom. The Morgan fingerprint density at radius 1 is 1.10 bits per heavy atom. The van der Waals surface area contributed by atoms with Gasteiger partial charge in [-0.05, 0) is 56.7 Å². The lowest BCUT2D eigenvalue weighted by atomic mass is 9.83. The van der Waals surface area contributed by atoms with E-state index in [2.05, 4.69) is 24.1 Å². The zero-order valence-corrected chi connectivity index (χ0v) is 17.7. The summed E-state index contributed by atoms with van der Waals surface area (Å²) in [5.41, 5.74) is 0.591. The molecule has 1 aromatic carbocycles. The number of nitrogens with zero attached hydrogens (tertiary/aromatic N) is 2. The summed E-state index contributed by atoms with van der Waals surface area (Å²) in [6, 6.07) is 8.09. The van der Waals surface area contributed by atoms with E-state index in [-0.39, 0.29) is 11.5 Å². The minimum Gasteiger partial charge on any atom is -0.352 e. The predicted octanol–water partition coefficient (Wildman–Crippen LogP) is 3.65. The van der Waals surface area contributed by atoms with Gasteiger partial charge in [-0.15, -0.1) is 0 Å². The maximum Gasteiger partial charge on any atom is 0.258 e. The van der Waals surface area contributed by atoms with Crippen LogP contribution in [0, 0.1) is 11.8 Å². The van der Waals surface area contributed by atoms with Crippen LogP contribution in [0.4, 0.5) is 0 Å². The van der Waals surface area contributed by atoms with Crippen LogP contribution in [0.5, 0.6) is 0 Å². The number of hydrogen-bond acceptors (Lipinski definition) is 3. The fourth-order valence-electron chi connectivity index (χ4n) is 5.19. The third-order valence-electron chi connectivity index (χ3n) is 6.55. The highest BCUT2D eigenvalue weighted by molar-refractivity contribution is 6.06. The summed E-state index contributed by atoms with van der Waals surface area (Å²) < 4.78 is 1.70. The van der Waals surface area contributed by atoms with Crippen molar-refractivity contribution in [1.82, 2.24) is 14.8 Å². The molecule has 0 saturated carbocycles. The van der Waals surface area contributed by atoms with Crippen molar-refractivity contribution in [3.05, 3.63) is 46.4 Å². The molecule has 2 atom stereocenters. The molecule has 2 aliphatic rings. The van der Waals surface area contributed by atoms with Crippen LogP contribution >= 0.6 is 0 Å². The zero-order chi connectivity index (χ0) is 20.4. The van der Waals surface area contributed by atoms with Crippen molar-refractivity contribution in [3.63, 3.8) is 0 Å². The first-order valence-corrected chi connectivity index (χ1v) is 11.2. The smallest absolute Gasteiger partial charge is 0.258 e. The average molecular weight is 396 g/mol. The summed E-state index contributed by atoms with van der Waals surface area (Å²) in [6.07, 6.45) is 8.03. The lowest BCUT2D eigenvalue weighted by Gasteiger charge is -2.44. The van der Waals surface area contributed by atoms with Gasteiger partial charge in [-0.25, -0.2) is 0 Å². The molecule has 5 heteroatoms. The van der Waals surface area contributed by atoms with Gasteiger partial charge in [0.1, 0.15) is 0 Å². The van der Waals surface area contributed by atoms with Gasteiger partial charge in [0.05, 0.1) is 5.56 Å². The number of piperidine rings is 2. The summed E-state index contributed by atoms with van der Waals surface area (Å²) in [7, 11) is 0. The van der Waals surface area contributed by atoms with Crippen LogP contribution in [0.3, 0.4) is 0 Å². The van der Waals surface area contributed by atoms with Gasteiger partial charge < -0.3 is 14.8 Å². The van der Waals surface area contributed by atoms with Gasteiger partial charge >= 0.3 is 0 Å². The number of rotatable bonds is 5. The van der Waals surface area contributed by atoms with E-state index < -0.39 is 0 Å². The van der Waals surface area contributed by atoms with E-state index in [0.717, 1.165) is 11.9 Å². The molecule has 156 valence electrons. The van der Waals surface area contributed by atoms with Crippen LogP contribution in [0.25, 0.3) is 10.8 Å².